The third-order valence-electron chi connectivity index (χ3n) is 2.88. The zero-order valence-electron chi connectivity index (χ0n) is 11.0. The monoisotopic (exact) mass is 267 g/mol. The molecule has 4 nitrogen and oxygen atoms in total. The molecule has 0 radical (unpaired) electrons. The van der Waals surface area contributed by atoms with Crippen LogP contribution in [0.4, 0.5) is 4.39 Å². The van der Waals surface area contributed by atoms with Gasteiger partial charge in [0.2, 0.25) is 5.91 Å². The Morgan fingerprint density at radius 1 is 1.32 bits per heavy atom. The van der Waals surface area contributed by atoms with Crippen molar-refractivity contribution in [3.05, 3.63) is 35.6 Å². The van der Waals surface area contributed by atoms with E-state index in [1.807, 2.05) is 0 Å². The molecule has 1 aromatic carbocycles. The summed E-state index contributed by atoms with van der Waals surface area (Å²) in [5.41, 5.74) is 0.744. The van der Waals surface area contributed by atoms with Crippen molar-refractivity contribution in [3.8, 4) is 0 Å². The smallest absolute Gasteiger partial charge is 0.308 e. The highest BCUT2D eigenvalue weighted by molar-refractivity contribution is 5.79. The molecule has 0 spiro atoms. The number of benzene rings is 1. The number of carboxylic acid groups (broad SMARTS) is 1. The van der Waals surface area contributed by atoms with E-state index in [0.717, 1.165) is 5.56 Å². The van der Waals surface area contributed by atoms with E-state index in [0.29, 0.717) is 6.42 Å². The highest BCUT2D eigenvalue weighted by Crippen LogP contribution is 2.10. The van der Waals surface area contributed by atoms with Gasteiger partial charge in [0.15, 0.2) is 0 Å². The van der Waals surface area contributed by atoms with Crippen LogP contribution in [0.25, 0.3) is 0 Å². The van der Waals surface area contributed by atoms with E-state index in [2.05, 4.69) is 5.32 Å². The summed E-state index contributed by atoms with van der Waals surface area (Å²) in [7, 11) is 0. The summed E-state index contributed by atoms with van der Waals surface area (Å²) < 4.78 is 13.0. The van der Waals surface area contributed by atoms with Crippen LogP contribution in [0.5, 0.6) is 0 Å². The Labute approximate surface area is 111 Å². The number of carboxylic acids is 1. The summed E-state index contributed by atoms with van der Waals surface area (Å²) >= 11 is 0. The van der Waals surface area contributed by atoms with Crippen molar-refractivity contribution in [2.75, 3.05) is 6.54 Å². The molecular weight excluding hydrogens is 249 g/mol. The molecular formula is C14H18FNO3. The van der Waals surface area contributed by atoms with Gasteiger partial charge in [0, 0.05) is 12.5 Å². The lowest BCUT2D eigenvalue weighted by Crippen LogP contribution is -2.35. The van der Waals surface area contributed by atoms with Gasteiger partial charge in [-0.15, -0.1) is 0 Å². The predicted octanol–water partition coefficient (Wildman–Crippen LogP) is 1.84. The molecule has 0 saturated heterocycles. The van der Waals surface area contributed by atoms with Gasteiger partial charge in [-0.2, -0.15) is 0 Å². The number of nitrogens with one attached hydrogen (secondary N) is 1. The van der Waals surface area contributed by atoms with E-state index >= 15 is 0 Å². The van der Waals surface area contributed by atoms with Gasteiger partial charge in [0.25, 0.3) is 0 Å². The molecule has 104 valence electrons. The Bertz CT molecular complexity index is 462. The molecule has 1 aromatic rings. The van der Waals surface area contributed by atoms with Crippen molar-refractivity contribution in [1.29, 1.82) is 0 Å². The van der Waals surface area contributed by atoms with E-state index < -0.39 is 11.9 Å². The number of hydrogen-bond donors (Lipinski definition) is 2. The van der Waals surface area contributed by atoms with Crippen LogP contribution in [0.15, 0.2) is 24.3 Å². The molecule has 0 bridgehead atoms. The van der Waals surface area contributed by atoms with E-state index in [9.17, 15) is 14.0 Å². The molecule has 0 saturated carbocycles. The molecule has 0 aliphatic rings. The van der Waals surface area contributed by atoms with Gasteiger partial charge in [-0.05, 0) is 24.1 Å². The molecule has 0 heterocycles. The lowest BCUT2D eigenvalue weighted by atomic mass is 10.00. The molecule has 1 rings (SSSR count). The van der Waals surface area contributed by atoms with Gasteiger partial charge >= 0.3 is 5.97 Å². The minimum absolute atomic E-state index is 0.0989. The molecule has 0 aromatic heterocycles. The highest BCUT2D eigenvalue weighted by atomic mass is 19.1. The van der Waals surface area contributed by atoms with E-state index in [-0.39, 0.29) is 24.2 Å². The highest BCUT2D eigenvalue weighted by Gasteiger charge is 2.16. The summed E-state index contributed by atoms with van der Waals surface area (Å²) in [6.45, 7) is 3.35. The second kappa shape index (κ2) is 6.87. The standard InChI is InChI=1S/C14H18FNO3/c1-9(6-11-4-3-5-12(15)7-11)13(17)16-8-10(2)14(18)19/h3-5,7,9-10H,6,8H2,1-2H3,(H,16,17)(H,18,19). The fourth-order valence-corrected chi connectivity index (χ4v) is 1.63. The Morgan fingerprint density at radius 2 is 2.00 bits per heavy atom. The number of carbonyl (C=O) groups is 2. The lowest BCUT2D eigenvalue weighted by molar-refractivity contribution is -0.141. The van der Waals surface area contributed by atoms with E-state index in [4.69, 9.17) is 5.11 Å². The molecule has 0 fully saturated rings. The first-order valence-corrected chi connectivity index (χ1v) is 6.15. The van der Waals surface area contributed by atoms with Crippen LogP contribution >= 0.6 is 0 Å². The number of halogens is 1. The van der Waals surface area contributed by atoms with Crippen molar-refractivity contribution in [2.45, 2.75) is 20.3 Å². The summed E-state index contributed by atoms with van der Waals surface area (Å²) in [6.07, 6.45) is 0.422. The summed E-state index contributed by atoms with van der Waals surface area (Å²) in [4.78, 5) is 22.4. The number of amides is 1. The maximum Gasteiger partial charge on any atom is 0.308 e. The first-order chi connectivity index (χ1) is 8.90. The fourth-order valence-electron chi connectivity index (χ4n) is 1.63. The van der Waals surface area contributed by atoms with Gasteiger partial charge < -0.3 is 10.4 Å². The largest absolute Gasteiger partial charge is 0.481 e. The second-order valence-corrected chi connectivity index (χ2v) is 4.72. The minimum atomic E-state index is -0.946. The summed E-state index contributed by atoms with van der Waals surface area (Å²) in [5, 5.41) is 11.3. The zero-order valence-corrected chi connectivity index (χ0v) is 11.0. The van der Waals surface area contributed by atoms with E-state index in [1.165, 1.54) is 19.1 Å². The van der Waals surface area contributed by atoms with Gasteiger partial charge in [-0.3, -0.25) is 9.59 Å². The fraction of sp³-hybridized carbons (Fsp3) is 0.429. The van der Waals surface area contributed by atoms with Crippen LogP contribution < -0.4 is 5.32 Å². The second-order valence-electron chi connectivity index (χ2n) is 4.72. The minimum Gasteiger partial charge on any atom is -0.481 e. The van der Waals surface area contributed by atoms with Gasteiger partial charge in [0.05, 0.1) is 5.92 Å². The maximum absolute atomic E-state index is 13.0. The van der Waals surface area contributed by atoms with Crippen molar-refractivity contribution < 1.29 is 19.1 Å². The molecule has 2 atom stereocenters. The molecule has 5 heteroatoms. The number of carbonyl (C=O) groups excluding carboxylic acids is 1. The van der Waals surface area contributed by atoms with Crippen LogP contribution in [-0.4, -0.2) is 23.5 Å². The molecule has 2 N–H and O–H groups in total. The van der Waals surface area contributed by atoms with Gasteiger partial charge in [-0.1, -0.05) is 26.0 Å². The maximum atomic E-state index is 13.0. The lowest BCUT2D eigenvalue weighted by Gasteiger charge is -2.13. The number of aliphatic carboxylic acids is 1. The van der Waals surface area contributed by atoms with Crippen molar-refractivity contribution in [2.24, 2.45) is 11.8 Å². The SMILES string of the molecule is CC(CNC(=O)C(C)Cc1cccc(F)c1)C(=O)O. The summed E-state index contributed by atoms with van der Waals surface area (Å²) in [5.74, 6) is -2.45. The third kappa shape index (κ3) is 5.07. The Kier molecular flexibility index (Phi) is 5.48. The summed E-state index contributed by atoms with van der Waals surface area (Å²) in [6, 6.07) is 6.10. The number of rotatable bonds is 6. The van der Waals surface area contributed by atoms with Crippen molar-refractivity contribution in [3.63, 3.8) is 0 Å². The van der Waals surface area contributed by atoms with Gasteiger partial charge in [0.1, 0.15) is 5.82 Å². The Hall–Kier alpha value is -1.91. The predicted molar refractivity (Wildman–Crippen MR) is 69.1 cm³/mol. The van der Waals surface area contributed by atoms with Crippen LogP contribution in [-0.2, 0) is 16.0 Å². The number of hydrogen-bond acceptors (Lipinski definition) is 2. The molecule has 2 unspecified atom stereocenters. The molecule has 1 amide bonds. The zero-order chi connectivity index (χ0) is 14.4. The van der Waals surface area contributed by atoms with Crippen molar-refractivity contribution in [1.82, 2.24) is 5.32 Å². The van der Waals surface area contributed by atoms with E-state index in [1.54, 1.807) is 19.1 Å². The topological polar surface area (TPSA) is 66.4 Å². The molecule has 0 aliphatic heterocycles. The van der Waals surface area contributed by atoms with Crippen LogP contribution in [0.1, 0.15) is 19.4 Å². The van der Waals surface area contributed by atoms with Gasteiger partial charge in [-0.25, -0.2) is 4.39 Å². The quantitative estimate of drug-likeness (QED) is 0.826. The van der Waals surface area contributed by atoms with Crippen LogP contribution in [0, 0.1) is 17.7 Å². The Balaban J connectivity index is 2.47. The Morgan fingerprint density at radius 3 is 2.58 bits per heavy atom. The molecule has 19 heavy (non-hydrogen) atoms. The average Bonchev–Trinajstić information content (AvgIpc) is 2.35. The average molecular weight is 267 g/mol. The third-order valence-corrected chi connectivity index (χ3v) is 2.88. The molecule has 0 aliphatic carbocycles. The normalized spacial score (nSPS) is 13.6. The first kappa shape index (κ1) is 15.1. The van der Waals surface area contributed by atoms with Crippen LogP contribution in [0.3, 0.4) is 0 Å². The first-order valence-electron chi connectivity index (χ1n) is 6.15. The van der Waals surface area contributed by atoms with Crippen molar-refractivity contribution >= 4 is 11.9 Å². The van der Waals surface area contributed by atoms with Crippen LogP contribution in [0.2, 0.25) is 0 Å².